The molecule has 0 aromatic heterocycles. The first-order valence-electron chi connectivity index (χ1n) is 10.5. The van der Waals surface area contributed by atoms with Gasteiger partial charge in [0.05, 0.1) is 38.3 Å². The molecule has 6 atom stereocenters. The van der Waals surface area contributed by atoms with Crippen molar-refractivity contribution in [1.29, 1.82) is 0 Å². The van der Waals surface area contributed by atoms with Crippen LogP contribution in [0.15, 0.2) is 24.3 Å². The molecule has 178 valence electrons. The number of anilines is 2. The number of phenolic OH excluding ortho intramolecular Hbond substituents is 1. The maximum absolute atomic E-state index is 14.0. The Morgan fingerprint density at radius 1 is 1.00 bits per heavy atom. The molecule has 0 aliphatic carbocycles. The van der Waals surface area contributed by atoms with Gasteiger partial charge in [-0.1, -0.05) is 46.4 Å². The number of hydrogen-bond donors (Lipinski definition) is 3. The Kier molecular flexibility index (Phi) is 5.09. The lowest BCUT2D eigenvalue weighted by Crippen LogP contribution is -2.56. The average molecular weight is 564 g/mol. The molecule has 0 radical (unpaired) electrons. The van der Waals surface area contributed by atoms with E-state index in [4.69, 9.17) is 58.0 Å². The molecule has 0 bridgehead atoms. The molecule has 3 fully saturated rings. The summed E-state index contributed by atoms with van der Waals surface area (Å²) in [6.45, 7) is 0.374. The number of imide groups is 1. The highest BCUT2D eigenvalue weighted by Crippen LogP contribution is 2.63. The van der Waals surface area contributed by atoms with Crippen molar-refractivity contribution in [2.45, 2.75) is 29.6 Å². The molecule has 4 aliphatic heterocycles. The number of aliphatic hydroxyl groups is 1. The van der Waals surface area contributed by atoms with Crippen LogP contribution in [0.4, 0.5) is 11.4 Å². The number of halogens is 5. The molecule has 7 nitrogen and oxygen atoms in total. The highest BCUT2D eigenvalue weighted by atomic mass is 35.5. The number of nitrogens with one attached hydrogen (secondary N) is 1. The van der Waals surface area contributed by atoms with Crippen LogP contribution in [0.3, 0.4) is 0 Å². The van der Waals surface area contributed by atoms with E-state index in [0.717, 1.165) is 4.90 Å². The molecule has 12 heteroatoms. The normalized spacial score (nSPS) is 34.1. The Labute approximate surface area is 219 Å². The number of aromatic hydroxyl groups is 1. The number of benzene rings is 2. The summed E-state index contributed by atoms with van der Waals surface area (Å²) < 4.78 is 0. The molecule has 4 aliphatic rings. The largest absolute Gasteiger partial charge is 0.505 e. The van der Waals surface area contributed by atoms with Crippen LogP contribution in [0.5, 0.6) is 5.75 Å². The SMILES string of the molecule is O=C1C2C3C[C@H](Cl)CN3C3(c4cc(Cl)cc(Cl)c4NC3O)C2C(=O)N1c1cc(Cl)c(O)c(Cl)c1. The van der Waals surface area contributed by atoms with E-state index in [-0.39, 0.29) is 26.9 Å². The number of aliphatic hydroxyl groups excluding tert-OH is 1. The summed E-state index contributed by atoms with van der Waals surface area (Å²) >= 11 is 31.5. The van der Waals surface area contributed by atoms with E-state index >= 15 is 0 Å². The molecular weight excluding hydrogens is 548 g/mol. The van der Waals surface area contributed by atoms with Gasteiger partial charge in [0.15, 0.2) is 5.75 Å². The maximum atomic E-state index is 14.0. The first-order valence-corrected chi connectivity index (χ1v) is 12.4. The van der Waals surface area contributed by atoms with Gasteiger partial charge in [-0.2, -0.15) is 0 Å². The van der Waals surface area contributed by atoms with Crippen molar-refractivity contribution in [3.8, 4) is 5.75 Å². The second-order valence-corrected chi connectivity index (χ2v) is 11.3. The van der Waals surface area contributed by atoms with Gasteiger partial charge < -0.3 is 15.5 Å². The quantitative estimate of drug-likeness (QED) is 0.351. The van der Waals surface area contributed by atoms with E-state index in [1.54, 1.807) is 12.1 Å². The Balaban J connectivity index is 1.57. The van der Waals surface area contributed by atoms with Gasteiger partial charge in [-0.3, -0.25) is 14.5 Å². The Morgan fingerprint density at radius 2 is 1.68 bits per heavy atom. The Morgan fingerprint density at radius 3 is 2.35 bits per heavy atom. The summed E-state index contributed by atoms with van der Waals surface area (Å²) in [5, 5.41) is 24.5. The predicted molar refractivity (Wildman–Crippen MR) is 130 cm³/mol. The van der Waals surface area contributed by atoms with Crippen molar-refractivity contribution in [1.82, 2.24) is 4.90 Å². The number of nitrogens with zero attached hydrogens (tertiary/aromatic N) is 2. The highest BCUT2D eigenvalue weighted by Gasteiger charge is 2.75. The van der Waals surface area contributed by atoms with Gasteiger partial charge in [-0.05, 0) is 30.7 Å². The number of hydrogen-bond acceptors (Lipinski definition) is 6. The van der Waals surface area contributed by atoms with Gasteiger partial charge in [0.2, 0.25) is 11.8 Å². The van der Waals surface area contributed by atoms with Gasteiger partial charge in [-0.15, -0.1) is 11.6 Å². The van der Waals surface area contributed by atoms with Crippen LogP contribution in [0.1, 0.15) is 12.0 Å². The summed E-state index contributed by atoms with van der Waals surface area (Å²) in [6, 6.07) is 5.45. The summed E-state index contributed by atoms with van der Waals surface area (Å²) in [7, 11) is 0. The van der Waals surface area contributed by atoms with Crippen LogP contribution in [0.2, 0.25) is 20.1 Å². The zero-order chi connectivity index (χ0) is 24.3. The monoisotopic (exact) mass is 561 g/mol. The summed E-state index contributed by atoms with van der Waals surface area (Å²) in [5.74, 6) is -3.03. The number of alkyl halides is 1. The lowest BCUT2D eigenvalue weighted by atomic mass is 9.75. The van der Waals surface area contributed by atoms with Crippen LogP contribution in [0, 0.1) is 11.8 Å². The number of amides is 2. The number of fused-ring (bicyclic) bond motifs is 7. The van der Waals surface area contributed by atoms with Crippen LogP contribution in [0.25, 0.3) is 0 Å². The second-order valence-electron chi connectivity index (χ2n) is 9.01. The summed E-state index contributed by atoms with van der Waals surface area (Å²) in [4.78, 5) is 30.8. The molecule has 2 amide bonds. The third-order valence-electron chi connectivity index (χ3n) is 7.45. The van der Waals surface area contributed by atoms with Crippen molar-refractivity contribution >= 4 is 81.2 Å². The van der Waals surface area contributed by atoms with E-state index in [1.807, 2.05) is 4.90 Å². The molecule has 5 unspecified atom stereocenters. The highest BCUT2D eigenvalue weighted by molar-refractivity contribution is 6.38. The minimum absolute atomic E-state index is 0.0929. The standard InChI is InChI=1S/C22H16Cl5N3O4/c23-7-1-10-17(11(25)2-7)28-21(34)22(10)16-15(14-3-8(24)6-29(14)22)19(32)30(20(16)33)9-4-12(26)18(31)13(27)5-9/h1-2,4-5,8,14-16,21,28,31,34H,3,6H2/t8-,14?,15?,16?,21?,22?/m0/s1. The molecule has 2 aromatic carbocycles. The maximum Gasteiger partial charge on any atom is 0.240 e. The molecule has 2 aromatic rings. The molecule has 3 saturated heterocycles. The molecule has 6 rings (SSSR count). The van der Waals surface area contributed by atoms with Gasteiger partial charge in [0, 0.05) is 28.5 Å². The van der Waals surface area contributed by atoms with Crippen molar-refractivity contribution in [2.24, 2.45) is 11.8 Å². The number of carbonyl (C=O) groups excluding carboxylic acids is 2. The number of rotatable bonds is 1. The smallest absolute Gasteiger partial charge is 0.240 e. The summed E-state index contributed by atoms with van der Waals surface area (Å²) in [5.41, 5.74) is -0.158. The fourth-order valence-electron chi connectivity index (χ4n) is 6.31. The molecule has 0 saturated carbocycles. The number of carbonyl (C=O) groups is 2. The van der Waals surface area contributed by atoms with E-state index in [2.05, 4.69) is 5.32 Å². The third kappa shape index (κ3) is 2.75. The summed E-state index contributed by atoms with van der Waals surface area (Å²) in [6.07, 6.45) is -0.785. The second kappa shape index (κ2) is 7.53. The zero-order valence-corrected chi connectivity index (χ0v) is 20.9. The molecular formula is C22H16Cl5N3O4. The van der Waals surface area contributed by atoms with E-state index in [1.165, 1.54) is 12.1 Å². The average Bonchev–Trinajstić information content (AvgIpc) is 3.42. The van der Waals surface area contributed by atoms with Crippen LogP contribution in [-0.2, 0) is 15.1 Å². The minimum atomic E-state index is -1.31. The van der Waals surface area contributed by atoms with Gasteiger partial charge in [-0.25, -0.2) is 4.90 Å². The van der Waals surface area contributed by atoms with Crippen molar-refractivity contribution in [3.63, 3.8) is 0 Å². The van der Waals surface area contributed by atoms with Crippen LogP contribution < -0.4 is 10.2 Å². The van der Waals surface area contributed by atoms with Crippen molar-refractivity contribution in [3.05, 3.63) is 49.9 Å². The lowest BCUT2D eigenvalue weighted by Gasteiger charge is -2.41. The Hall–Kier alpha value is -1.45. The molecule has 4 heterocycles. The van der Waals surface area contributed by atoms with E-state index in [9.17, 15) is 19.8 Å². The third-order valence-corrected chi connectivity index (χ3v) is 8.86. The fourth-order valence-corrected chi connectivity index (χ4v) is 7.67. The first kappa shape index (κ1) is 23.0. The number of phenols is 1. The van der Waals surface area contributed by atoms with E-state index < -0.39 is 41.5 Å². The molecule has 34 heavy (non-hydrogen) atoms. The topological polar surface area (TPSA) is 93.1 Å². The van der Waals surface area contributed by atoms with Crippen LogP contribution >= 0.6 is 58.0 Å². The first-order chi connectivity index (χ1) is 16.1. The zero-order valence-electron chi connectivity index (χ0n) is 17.1. The predicted octanol–water partition coefficient (Wildman–Crippen LogP) is 4.45. The molecule has 1 spiro atoms. The van der Waals surface area contributed by atoms with E-state index in [0.29, 0.717) is 34.3 Å². The fraction of sp³-hybridized carbons (Fsp3) is 0.364. The van der Waals surface area contributed by atoms with Crippen molar-refractivity contribution < 1.29 is 19.8 Å². The lowest BCUT2D eigenvalue weighted by molar-refractivity contribution is -0.127. The minimum Gasteiger partial charge on any atom is -0.505 e. The van der Waals surface area contributed by atoms with Crippen LogP contribution in [-0.4, -0.2) is 51.1 Å². The van der Waals surface area contributed by atoms with Crippen molar-refractivity contribution in [2.75, 3.05) is 16.8 Å². The van der Waals surface area contributed by atoms with Gasteiger partial charge in [0.25, 0.3) is 0 Å². The molecule has 3 N–H and O–H groups in total. The van der Waals surface area contributed by atoms with Gasteiger partial charge in [0.1, 0.15) is 11.8 Å². The Bertz CT molecular complexity index is 1270. The van der Waals surface area contributed by atoms with Gasteiger partial charge >= 0.3 is 0 Å².